The third kappa shape index (κ3) is 4.48. The summed E-state index contributed by atoms with van der Waals surface area (Å²) >= 11 is 0. The van der Waals surface area contributed by atoms with Crippen molar-refractivity contribution >= 4 is 11.8 Å². The lowest BCUT2D eigenvalue weighted by atomic mass is 9.96. The maximum atomic E-state index is 12.3. The van der Waals surface area contributed by atoms with Crippen LogP contribution in [0.3, 0.4) is 0 Å². The minimum absolute atomic E-state index is 0.0866. The van der Waals surface area contributed by atoms with Gasteiger partial charge >= 0.3 is 0 Å². The van der Waals surface area contributed by atoms with Gasteiger partial charge in [0.1, 0.15) is 5.75 Å². The van der Waals surface area contributed by atoms with Crippen molar-refractivity contribution < 1.29 is 14.3 Å². The van der Waals surface area contributed by atoms with E-state index in [2.05, 4.69) is 0 Å². The number of benzene rings is 1. The Hall–Kier alpha value is -2.04. The Bertz CT molecular complexity index is 517. The van der Waals surface area contributed by atoms with Crippen LogP contribution >= 0.6 is 0 Å². The Morgan fingerprint density at radius 3 is 2.32 bits per heavy atom. The molecule has 0 spiro atoms. The van der Waals surface area contributed by atoms with Gasteiger partial charge in [0.15, 0.2) is 0 Å². The number of likely N-dealkylation sites (tertiary alicyclic amines) is 1. The van der Waals surface area contributed by atoms with Crippen LogP contribution in [0.2, 0.25) is 0 Å². The number of amides is 2. The van der Waals surface area contributed by atoms with Gasteiger partial charge in [-0.3, -0.25) is 9.59 Å². The molecule has 22 heavy (non-hydrogen) atoms. The number of primary amides is 1. The summed E-state index contributed by atoms with van der Waals surface area (Å²) < 4.78 is 5.59. The van der Waals surface area contributed by atoms with Gasteiger partial charge in [0.25, 0.3) is 0 Å². The van der Waals surface area contributed by atoms with E-state index in [-0.39, 0.29) is 23.8 Å². The van der Waals surface area contributed by atoms with Crippen LogP contribution in [0, 0.1) is 5.92 Å². The average Bonchev–Trinajstić information content (AvgIpc) is 2.49. The molecule has 1 aromatic rings. The number of hydrogen-bond acceptors (Lipinski definition) is 3. The average molecular weight is 304 g/mol. The van der Waals surface area contributed by atoms with Gasteiger partial charge in [0.05, 0.1) is 12.5 Å². The normalized spacial score (nSPS) is 15.9. The van der Waals surface area contributed by atoms with Gasteiger partial charge < -0.3 is 15.4 Å². The highest BCUT2D eigenvalue weighted by Gasteiger charge is 2.25. The van der Waals surface area contributed by atoms with Crippen LogP contribution < -0.4 is 10.5 Å². The van der Waals surface area contributed by atoms with Crippen LogP contribution in [0.15, 0.2) is 24.3 Å². The smallest absolute Gasteiger partial charge is 0.226 e. The second kappa shape index (κ2) is 7.29. The van der Waals surface area contributed by atoms with Gasteiger partial charge in [-0.25, -0.2) is 0 Å². The molecule has 1 aliphatic heterocycles. The maximum absolute atomic E-state index is 12.3. The highest BCUT2D eigenvalue weighted by atomic mass is 16.5. The molecule has 2 amide bonds. The zero-order valence-electron chi connectivity index (χ0n) is 13.2. The van der Waals surface area contributed by atoms with Gasteiger partial charge in [-0.2, -0.15) is 0 Å². The van der Waals surface area contributed by atoms with Crippen molar-refractivity contribution in [3.8, 4) is 5.75 Å². The summed E-state index contributed by atoms with van der Waals surface area (Å²) in [6.45, 7) is 5.18. The van der Waals surface area contributed by atoms with E-state index in [0.29, 0.717) is 32.4 Å². The number of carbonyl (C=O) groups is 2. The Kier molecular flexibility index (Phi) is 5.41. The lowest BCUT2D eigenvalue weighted by Crippen LogP contribution is -2.42. The third-order valence-electron chi connectivity index (χ3n) is 3.90. The van der Waals surface area contributed by atoms with Crippen molar-refractivity contribution in [3.05, 3.63) is 29.8 Å². The Balaban J connectivity index is 1.86. The summed E-state index contributed by atoms with van der Waals surface area (Å²) in [6.07, 6.45) is 1.85. The Morgan fingerprint density at radius 2 is 1.82 bits per heavy atom. The van der Waals surface area contributed by atoms with E-state index in [1.54, 1.807) is 0 Å². The van der Waals surface area contributed by atoms with Crippen LogP contribution in [0.1, 0.15) is 32.3 Å². The zero-order valence-corrected chi connectivity index (χ0v) is 13.2. The molecule has 0 bridgehead atoms. The fourth-order valence-electron chi connectivity index (χ4n) is 2.66. The molecule has 2 rings (SSSR count). The van der Waals surface area contributed by atoms with E-state index < -0.39 is 0 Å². The van der Waals surface area contributed by atoms with E-state index in [4.69, 9.17) is 10.5 Å². The van der Waals surface area contributed by atoms with Crippen molar-refractivity contribution in [1.82, 2.24) is 4.90 Å². The minimum atomic E-state index is -0.257. The molecule has 0 aliphatic carbocycles. The van der Waals surface area contributed by atoms with Gasteiger partial charge in [0, 0.05) is 19.0 Å². The molecule has 0 aromatic heterocycles. The summed E-state index contributed by atoms with van der Waals surface area (Å²) in [5, 5.41) is 0. The van der Waals surface area contributed by atoms with Gasteiger partial charge in [-0.05, 0) is 44.4 Å². The van der Waals surface area contributed by atoms with Crippen LogP contribution in [0.5, 0.6) is 5.75 Å². The first-order valence-corrected chi connectivity index (χ1v) is 7.78. The molecule has 120 valence electrons. The maximum Gasteiger partial charge on any atom is 0.226 e. The largest absolute Gasteiger partial charge is 0.491 e. The molecule has 0 saturated carbocycles. The van der Waals surface area contributed by atoms with Crippen LogP contribution in [0.4, 0.5) is 0 Å². The number of nitrogens with zero attached hydrogens (tertiary/aromatic N) is 1. The molecule has 1 heterocycles. The molecular formula is C17H24N2O3. The zero-order chi connectivity index (χ0) is 16.1. The van der Waals surface area contributed by atoms with Crippen molar-refractivity contribution in [2.45, 2.75) is 39.2 Å². The topological polar surface area (TPSA) is 72.6 Å². The summed E-state index contributed by atoms with van der Waals surface area (Å²) in [6, 6.07) is 7.63. The monoisotopic (exact) mass is 304 g/mol. The van der Waals surface area contributed by atoms with E-state index in [0.717, 1.165) is 11.3 Å². The molecule has 5 nitrogen and oxygen atoms in total. The highest BCUT2D eigenvalue weighted by Crippen LogP contribution is 2.19. The molecular weight excluding hydrogens is 280 g/mol. The number of nitrogens with two attached hydrogens (primary N) is 1. The van der Waals surface area contributed by atoms with Crippen molar-refractivity contribution in [3.63, 3.8) is 0 Å². The molecule has 1 saturated heterocycles. The molecule has 5 heteroatoms. The number of ether oxygens (including phenoxy) is 1. The van der Waals surface area contributed by atoms with Crippen LogP contribution in [-0.2, 0) is 16.0 Å². The molecule has 2 N–H and O–H groups in total. The van der Waals surface area contributed by atoms with E-state index >= 15 is 0 Å². The van der Waals surface area contributed by atoms with Crippen LogP contribution in [0.25, 0.3) is 0 Å². The Morgan fingerprint density at radius 1 is 1.23 bits per heavy atom. The second-order valence-electron chi connectivity index (χ2n) is 6.04. The number of hydrogen-bond donors (Lipinski definition) is 1. The fraction of sp³-hybridized carbons (Fsp3) is 0.529. The van der Waals surface area contributed by atoms with Crippen molar-refractivity contribution in [1.29, 1.82) is 0 Å². The summed E-state index contributed by atoms with van der Waals surface area (Å²) in [5.74, 6) is 0.568. The molecule has 1 aliphatic rings. The first kappa shape index (κ1) is 16.3. The lowest BCUT2D eigenvalue weighted by Gasteiger charge is -2.30. The predicted octanol–water partition coefficient (Wildman–Crippen LogP) is 1.74. The summed E-state index contributed by atoms with van der Waals surface area (Å²) in [4.78, 5) is 25.2. The van der Waals surface area contributed by atoms with E-state index in [1.807, 2.05) is 43.0 Å². The Labute approximate surface area is 131 Å². The second-order valence-corrected chi connectivity index (χ2v) is 6.04. The van der Waals surface area contributed by atoms with Crippen molar-refractivity contribution in [2.75, 3.05) is 13.1 Å². The SMILES string of the molecule is CC(C)Oc1ccc(CC(=O)N2CCC(C(N)=O)CC2)cc1. The molecule has 1 aromatic carbocycles. The molecule has 0 unspecified atom stereocenters. The first-order chi connectivity index (χ1) is 10.5. The fourth-order valence-corrected chi connectivity index (χ4v) is 2.66. The van der Waals surface area contributed by atoms with Gasteiger partial charge in [-0.1, -0.05) is 12.1 Å². The highest BCUT2D eigenvalue weighted by molar-refractivity contribution is 5.80. The summed E-state index contributed by atoms with van der Waals surface area (Å²) in [7, 11) is 0. The van der Waals surface area contributed by atoms with Crippen molar-refractivity contribution in [2.24, 2.45) is 11.7 Å². The number of rotatable bonds is 5. The quantitative estimate of drug-likeness (QED) is 0.900. The molecule has 0 radical (unpaired) electrons. The molecule has 1 fully saturated rings. The predicted molar refractivity (Wildman–Crippen MR) is 84.4 cm³/mol. The standard InChI is InChI=1S/C17H24N2O3/c1-12(2)22-15-5-3-13(4-6-15)11-16(20)19-9-7-14(8-10-19)17(18)21/h3-6,12,14H,7-11H2,1-2H3,(H2,18,21). The minimum Gasteiger partial charge on any atom is -0.491 e. The number of piperidine rings is 1. The van der Waals surface area contributed by atoms with E-state index in [1.165, 1.54) is 0 Å². The van der Waals surface area contributed by atoms with Gasteiger partial charge in [-0.15, -0.1) is 0 Å². The van der Waals surface area contributed by atoms with E-state index in [9.17, 15) is 9.59 Å². The molecule has 0 atom stereocenters. The van der Waals surface area contributed by atoms with Gasteiger partial charge in [0.2, 0.25) is 11.8 Å². The first-order valence-electron chi connectivity index (χ1n) is 7.78. The number of carbonyl (C=O) groups excluding carboxylic acids is 2. The van der Waals surface area contributed by atoms with Crippen LogP contribution in [-0.4, -0.2) is 35.9 Å². The third-order valence-corrected chi connectivity index (χ3v) is 3.90. The summed E-state index contributed by atoms with van der Waals surface area (Å²) in [5.41, 5.74) is 6.28. The lowest BCUT2D eigenvalue weighted by molar-refractivity contribution is -0.134.